The van der Waals surface area contributed by atoms with Crippen LogP contribution in [0.3, 0.4) is 0 Å². The van der Waals surface area contributed by atoms with Crippen LogP contribution >= 0.6 is 0 Å². The number of hydrazone groups is 1. The predicted octanol–water partition coefficient (Wildman–Crippen LogP) is 5.00. The summed E-state index contributed by atoms with van der Waals surface area (Å²) in [6.45, 7) is 15.0. The molecule has 1 saturated heterocycles. The van der Waals surface area contributed by atoms with E-state index >= 15 is 0 Å². The van der Waals surface area contributed by atoms with E-state index < -0.39 is 0 Å². The summed E-state index contributed by atoms with van der Waals surface area (Å²) in [4.78, 5) is 14.0. The van der Waals surface area contributed by atoms with E-state index in [-0.39, 0.29) is 0 Å². The quantitative estimate of drug-likeness (QED) is 0.387. The molecule has 1 aliphatic carbocycles. The van der Waals surface area contributed by atoms with Crippen LogP contribution in [0, 0.1) is 0 Å². The van der Waals surface area contributed by atoms with Gasteiger partial charge < -0.3 is 19.1 Å². The van der Waals surface area contributed by atoms with Gasteiger partial charge in [-0.1, -0.05) is 33.8 Å². The van der Waals surface area contributed by atoms with Crippen molar-refractivity contribution in [3.05, 3.63) is 35.4 Å². The van der Waals surface area contributed by atoms with Gasteiger partial charge in [0.25, 0.3) is 0 Å². The van der Waals surface area contributed by atoms with Gasteiger partial charge in [-0.3, -0.25) is 10.3 Å². The first-order valence-electron chi connectivity index (χ1n) is 14.3. The maximum absolute atomic E-state index is 6.04. The van der Waals surface area contributed by atoms with Crippen LogP contribution in [0.15, 0.2) is 29.4 Å². The third-order valence-electron chi connectivity index (χ3n) is 6.54. The van der Waals surface area contributed by atoms with Crippen LogP contribution in [-0.2, 0) is 11.2 Å². The van der Waals surface area contributed by atoms with E-state index in [2.05, 4.69) is 46.2 Å². The number of nitrogens with one attached hydrogen (secondary N) is 1. The van der Waals surface area contributed by atoms with Gasteiger partial charge in [-0.25, -0.2) is 0 Å². The minimum absolute atomic E-state index is 0.381. The Morgan fingerprint density at radius 2 is 1.82 bits per heavy atom. The first-order chi connectivity index (χ1) is 18.7. The Balaban J connectivity index is 0.00000195. The smallest absolute Gasteiger partial charge is 0.320 e. The lowest BCUT2D eigenvalue weighted by molar-refractivity contribution is 0.0317. The van der Waals surface area contributed by atoms with Gasteiger partial charge in [-0.2, -0.15) is 15.1 Å². The fourth-order valence-electron chi connectivity index (χ4n) is 4.66. The summed E-state index contributed by atoms with van der Waals surface area (Å²) in [6, 6.07) is 8.58. The number of rotatable bonds is 12. The summed E-state index contributed by atoms with van der Waals surface area (Å²) in [7, 11) is 1.70. The van der Waals surface area contributed by atoms with Gasteiger partial charge in [0.1, 0.15) is 18.2 Å². The Bertz CT molecular complexity index is 1000. The average Bonchev–Trinajstić information content (AvgIpc) is 2.97. The zero-order chi connectivity index (χ0) is 27.2. The first-order valence-corrected chi connectivity index (χ1v) is 14.3. The number of nitrogens with zero attached hydrogens (tertiary/aromatic N) is 5. The second-order valence-corrected chi connectivity index (χ2v) is 9.23. The average molecular weight is 527 g/mol. The summed E-state index contributed by atoms with van der Waals surface area (Å²) < 4.78 is 16.9. The molecular weight excluding hydrogens is 480 g/mol. The molecule has 1 aromatic carbocycles. The number of anilines is 2. The van der Waals surface area contributed by atoms with Crippen molar-refractivity contribution >= 4 is 17.3 Å². The number of aryl methyl sites for hydroxylation is 1. The van der Waals surface area contributed by atoms with Gasteiger partial charge in [0, 0.05) is 44.4 Å². The zero-order valence-corrected chi connectivity index (χ0v) is 24.0. The molecule has 0 spiro atoms. The summed E-state index contributed by atoms with van der Waals surface area (Å²) in [6.07, 6.45) is 5.12. The molecule has 210 valence electrons. The highest BCUT2D eigenvalue weighted by atomic mass is 16.5. The van der Waals surface area contributed by atoms with Crippen molar-refractivity contribution in [2.24, 2.45) is 5.10 Å². The molecule has 9 heteroatoms. The van der Waals surface area contributed by atoms with Crippen LogP contribution in [-0.4, -0.2) is 80.2 Å². The summed E-state index contributed by atoms with van der Waals surface area (Å²) in [5.74, 6) is 2.35. The van der Waals surface area contributed by atoms with Crippen molar-refractivity contribution in [3.8, 4) is 11.8 Å². The minimum atomic E-state index is 0.381. The van der Waals surface area contributed by atoms with Crippen LogP contribution in [0.1, 0.15) is 64.5 Å². The number of methoxy groups -OCH3 is 1. The van der Waals surface area contributed by atoms with Crippen molar-refractivity contribution in [2.45, 2.75) is 59.8 Å². The minimum Gasteiger partial charge on any atom is -0.497 e. The maximum Gasteiger partial charge on any atom is 0.320 e. The SMILES string of the molecule is CC.CCCN(CCC)c1cc(N/N=C2\CCCc3ccc(OC)cc32)nc(OCCN2CCOCC2)n1. The Labute approximate surface area is 228 Å². The Hall–Kier alpha value is -2.91. The van der Waals surface area contributed by atoms with E-state index in [1.165, 1.54) is 5.56 Å². The molecule has 9 nitrogen and oxygen atoms in total. The number of hydrogen-bond acceptors (Lipinski definition) is 9. The van der Waals surface area contributed by atoms with E-state index in [1.54, 1.807) is 7.11 Å². The molecular formula is C29H46N6O3. The molecule has 0 radical (unpaired) electrons. The summed E-state index contributed by atoms with van der Waals surface area (Å²) in [5.41, 5.74) is 6.68. The fraction of sp³-hybridized carbons (Fsp3) is 0.621. The second kappa shape index (κ2) is 16.1. The van der Waals surface area contributed by atoms with Crippen LogP contribution in [0.5, 0.6) is 11.8 Å². The van der Waals surface area contributed by atoms with Crippen molar-refractivity contribution in [2.75, 3.05) is 70.0 Å². The van der Waals surface area contributed by atoms with Gasteiger partial charge >= 0.3 is 6.01 Å². The van der Waals surface area contributed by atoms with E-state index in [1.807, 2.05) is 26.0 Å². The molecule has 0 bridgehead atoms. The fourth-order valence-corrected chi connectivity index (χ4v) is 4.66. The zero-order valence-electron chi connectivity index (χ0n) is 24.0. The van der Waals surface area contributed by atoms with Crippen molar-refractivity contribution < 1.29 is 14.2 Å². The molecule has 0 saturated carbocycles. The van der Waals surface area contributed by atoms with E-state index in [0.717, 1.165) is 101 Å². The van der Waals surface area contributed by atoms with Crippen molar-refractivity contribution in [1.82, 2.24) is 14.9 Å². The first kappa shape index (κ1) is 29.6. The number of morpholine rings is 1. The largest absolute Gasteiger partial charge is 0.497 e. The Morgan fingerprint density at radius 1 is 1.05 bits per heavy atom. The third-order valence-corrected chi connectivity index (χ3v) is 6.54. The number of ether oxygens (including phenoxy) is 3. The molecule has 1 aliphatic heterocycles. The normalized spacial score (nSPS) is 16.3. The monoisotopic (exact) mass is 526 g/mol. The lowest BCUT2D eigenvalue weighted by atomic mass is 9.90. The lowest BCUT2D eigenvalue weighted by Gasteiger charge is -2.26. The highest BCUT2D eigenvalue weighted by Gasteiger charge is 2.18. The van der Waals surface area contributed by atoms with E-state index in [9.17, 15) is 0 Å². The molecule has 0 unspecified atom stereocenters. The van der Waals surface area contributed by atoms with Gasteiger partial charge in [0.05, 0.1) is 26.0 Å². The van der Waals surface area contributed by atoms with Gasteiger partial charge in [0.15, 0.2) is 5.82 Å². The van der Waals surface area contributed by atoms with Gasteiger partial charge in [-0.15, -0.1) is 0 Å². The van der Waals surface area contributed by atoms with Crippen molar-refractivity contribution in [3.63, 3.8) is 0 Å². The van der Waals surface area contributed by atoms with Crippen LogP contribution < -0.4 is 19.8 Å². The topological polar surface area (TPSA) is 84.3 Å². The summed E-state index contributed by atoms with van der Waals surface area (Å²) >= 11 is 0. The molecule has 2 aromatic rings. The Morgan fingerprint density at radius 3 is 2.53 bits per heavy atom. The molecule has 38 heavy (non-hydrogen) atoms. The van der Waals surface area contributed by atoms with Crippen LogP contribution in [0.4, 0.5) is 11.6 Å². The highest BCUT2D eigenvalue weighted by Crippen LogP contribution is 2.27. The van der Waals surface area contributed by atoms with Gasteiger partial charge in [-0.05, 0) is 49.8 Å². The highest BCUT2D eigenvalue weighted by molar-refractivity contribution is 6.03. The molecule has 4 rings (SSSR count). The molecule has 2 heterocycles. The predicted molar refractivity (Wildman–Crippen MR) is 155 cm³/mol. The molecule has 0 atom stereocenters. The van der Waals surface area contributed by atoms with E-state index in [0.29, 0.717) is 18.4 Å². The molecule has 1 aromatic heterocycles. The molecule has 1 fully saturated rings. The number of fused-ring (bicyclic) bond motifs is 1. The molecule has 2 aliphatic rings. The van der Waals surface area contributed by atoms with Crippen LogP contribution in [0.25, 0.3) is 0 Å². The van der Waals surface area contributed by atoms with Crippen molar-refractivity contribution in [1.29, 1.82) is 0 Å². The second-order valence-electron chi connectivity index (χ2n) is 9.23. The lowest BCUT2D eigenvalue weighted by Crippen LogP contribution is -2.38. The standard InChI is InChI=1S/C27H40N6O3.C2H6/c1-4-11-33(12-5-2)26-20-25(28-27(29-26)36-18-15-32-13-16-35-17-14-32)31-30-24-8-6-7-21-9-10-22(34-3)19-23(21)24;1-2/h9-10,19-20H,4-8,11-18H2,1-3H3,(H,28,29,31);1-2H3/b30-24+;. The summed E-state index contributed by atoms with van der Waals surface area (Å²) in [5, 5.41) is 4.78. The third kappa shape index (κ3) is 8.56. The Kier molecular flexibility index (Phi) is 12.6. The molecule has 1 N–H and O–H groups in total. The molecule has 0 amide bonds. The number of aromatic nitrogens is 2. The number of benzene rings is 1. The maximum atomic E-state index is 6.04. The van der Waals surface area contributed by atoms with E-state index in [4.69, 9.17) is 24.3 Å². The van der Waals surface area contributed by atoms with Crippen LogP contribution in [0.2, 0.25) is 0 Å². The van der Waals surface area contributed by atoms with Gasteiger partial charge in [0.2, 0.25) is 0 Å². The number of hydrogen-bond donors (Lipinski definition) is 1.